The molecule has 2 rings (SSSR count). The minimum atomic E-state index is 0.980. The Morgan fingerprint density at radius 2 is 2.18 bits per heavy atom. The smallest absolute Gasteiger partial charge is 0.0896 e. The van der Waals surface area contributed by atoms with E-state index >= 15 is 0 Å². The van der Waals surface area contributed by atoms with Crippen molar-refractivity contribution in [3.05, 3.63) is 29.6 Å². The van der Waals surface area contributed by atoms with Gasteiger partial charge < -0.3 is 0 Å². The first-order valence-corrected chi connectivity index (χ1v) is 3.55. The summed E-state index contributed by atoms with van der Waals surface area (Å²) < 4.78 is 1.78. The molecule has 2 heterocycles. The van der Waals surface area contributed by atoms with Crippen molar-refractivity contribution < 1.29 is 0 Å². The van der Waals surface area contributed by atoms with Gasteiger partial charge in [0, 0.05) is 6.20 Å². The summed E-state index contributed by atoms with van der Waals surface area (Å²) in [5.74, 6) is 0. The first-order valence-electron chi connectivity index (χ1n) is 3.55. The van der Waals surface area contributed by atoms with Crippen LogP contribution in [0.5, 0.6) is 0 Å². The quantitative estimate of drug-likeness (QED) is 0.563. The first-order chi connectivity index (χ1) is 5.27. The van der Waals surface area contributed by atoms with Crippen LogP contribution in [0.1, 0.15) is 11.3 Å². The maximum absolute atomic E-state index is 3.95. The van der Waals surface area contributed by atoms with Crippen molar-refractivity contribution in [3.8, 4) is 0 Å². The van der Waals surface area contributed by atoms with Crippen LogP contribution in [0.3, 0.4) is 0 Å². The maximum atomic E-state index is 3.95. The zero-order valence-electron chi connectivity index (χ0n) is 6.57. The third-order valence-electron chi connectivity index (χ3n) is 1.75. The number of rotatable bonds is 0. The van der Waals surface area contributed by atoms with E-state index in [2.05, 4.69) is 23.3 Å². The zero-order chi connectivity index (χ0) is 7.84. The second-order valence-corrected chi connectivity index (χ2v) is 2.71. The third kappa shape index (κ3) is 0.888. The standard InChI is InChI=1S/C8H9N3/c1-6-3-4-11-8(5-6)7(2)9-10-11/h3-5H,1-2H3. The Morgan fingerprint density at radius 1 is 1.36 bits per heavy atom. The Hall–Kier alpha value is -1.38. The van der Waals surface area contributed by atoms with Crippen molar-refractivity contribution in [2.24, 2.45) is 0 Å². The predicted molar refractivity (Wildman–Crippen MR) is 42.5 cm³/mol. The maximum Gasteiger partial charge on any atom is 0.0896 e. The van der Waals surface area contributed by atoms with Gasteiger partial charge in [0.15, 0.2) is 0 Å². The van der Waals surface area contributed by atoms with Gasteiger partial charge in [-0.25, -0.2) is 4.52 Å². The second-order valence-electron chi connectivity index (χ2n) is 2.71. The number of nitrogens with zero attached hydrogens (tertiary/aromatic N) is 3. The summed E-state index contributed by atoms with van der Waals surface area (Å²) in [6, 6.07) is 4.09. The zero-order valence-corrected chi connectivity index (χ0v) is 6.57. The minimum absolute atomic E-state index is 0.980. The van der Waals surface area contributed by atoms with E-state index in [1.54, 1.807) is 4.52 Å². The molecule has 0 saturated heterocycles. The summed E-state index contributed by atoms with van der Waals surface area (Å²) in [4.78, 5) is 0. The van der Waals surface area contributed by atoms with Crippen molar-refractivity contribution in [1.82, 2.24) is 14.8 Å². The Kier molecular flexibility index (Phi) is 1.18. The average molecular weight is 147 g/mol. The number of aryl methyl sites for hydroxylation is 2. The molecule has 0 atom stereocenters. The highest BCUT2D eigenvalue weighted by Crippen LogP contribution is 2.07. The van der Waals surface area contributed by atoms with E-state index in [1.807, 2.05) is 19.2 Å². The lowest BCUT2D eigenvalue weighted by Crippen LogP contribution is -1.86. The van der Waals surface area contributed by atoms with E-state index in [4.69, 9.17) is 0 Å². The van der Waals surface area contributed by atoms with Crippen LogP contribution in [0.2, 0.25) is 0 Å². The summed E-state index contributed by atoms with van der Waals surface area (Å²) in [5, 5.41) is 7.88. The fourth-order valence-electron chi connectivity index (χ4n) is 1.11. The molecule has 0 amide bonds. The Labute approximate surface area is 64.7 Å². The average Bonchev–Trinajstić information content (AvgIpc) is 2.33. The molecule has 11 heavy (non-hydrogen) atoms. The highest BCUT2D eigenvalue weighted by molar-refractivity contribution is 5.51. The summed E-state index contributed by atoms with van der Waals surface area (Å²) in [6.07, 6.45) is 1.92. The van der Waals surface area contributed by atoms with E-state index in [0.29, 0.717) is 0 Å². The Morgan fingerprint density at radius 3 is 3.00 bits per heavy atom. The highest BCUT2D eigenvalue weighted by atomic mass is 15.4. The van der Waals surface area contributed by atoms with Crippen LogP contribution in [-0.4, -0.2) is 14.8 Å². The van der Waals surface area contributed by atoms with E-state index < -0.39 is 0 Å². The van der Waals surface area contributed by atoms with Crippen molar-refractivity contribution in [3.63, 3.8) is 0 Å². The van der Waals surface area contributed by atoms with Crippen molar-refractivity contribution in [2.75, 3.05) is 0 Å². The van der Waals surface area contributed by atoms with Crippen molar-refractivity contribution in [1.29, 1.82) is 0 Å². The van der Waals surface area contributed by atoms with Gasteiger partial charge in [0.05, 0.1) is 11.2 Å². The molecular formula is C8H9N3. The molecule has 3 nitrogen and oxygen atoms in total. The molecule has 56 valence electrons. The lowest BCUT2D eigenvalue weighted by Gasteiger charge is -1.92. The summed E-state index contributed by atoms with van der Waals surface area (Å²) in [7, 11) is 0. The molecule has 0 aliphatic rings. The molecule has 2 aromatic heterocycles. The molecule has 0 fully saturated rings. The van der Waals surface area contributed by atoms with Crippen LogP contribution in [0.25, 0.3) is 5.52 Å². The van der Waals surface area contributed by atoms with Crippen LogP contribution < -0.4 is 0 Å². The van der Waals surface area contributed by atoms with Gasteiger partial charge >= 0.3 is 0 Å². The topological polar surface area (TPSA) is 30.2 Å². The van der Waals surface area contributed by atoms with E-state index in [-0.39, 0.29) is 0 Å². The third-order valence-corrected chi connectivity index (χ3v) is 1.75. The van der Waals surface area contributed by atoms with Gasteiger partial charge in [0.2, 0.25) is 0 Å². The van der Waals surface area contributed by atoms with Crippen molar-refractivity contribution >= 4 is 5.52 Å². The normalized spacial score (nSPS) is 10.7. The van der Waals surface area contributed by atoms with Gasteiger partial charge in [-0.3, -0.25) is 0 Å². The van der Waals surface area contributed by atoms with Gasteiger partial charge in [-0.1, -0.05) is 5.21 Å². The number of aromatic nitrogens is 3. The van der Waals surface area contributed by atoms with Gasteiger partial charge in [-0.15, -0.1) is 5.10 Å². The molecule has 0 aromatic carbocycles. The molecule has 0 bridgehead atoms. The number of hydrogen-bond donors (Lipinski definition) is 0. The van der Waals surface area contributed by atoms with Crippen LogP contribution in [0, 0.1) is 13.8 Å². The molecule has 3 heteroatoms. The molecule has 0 saturated carbocycles. The fourth-order valence-corrected chi connectivity index (χ4v) is 1.11. The van der Waals surface area contributed by atoms with E-state index in [0.717, 1.165) is 11.2 Å². The monoisotopic (exact) mass is 147 g/mol. The molecule has 0 spiro atoms. The van der Waals surface area contributed by atoms with Crippen LogP contribution >= 0.6 is 0 Å². The SMILES string of the molecule is Cc1ccn2nnc(C)c2c1. The van der Waals surface area contributed by atoms with Gasteiger partial charge in [-0.2, -0.15) is 0 Å². The number of hydrogen-bond acceptors (Lipinski definition) is 2. The molecule has 0 N–H and O–H groups in total. The highest BCUT2D eigenvalue weighted by Gasteiger charge is 1.98. The summed E-state index contributed by atoms with van der Waals surface area (Å²) >= 11 is 0. The molecule has 0 unspecified atom stereocenters. The number of fused-ring (bicyclic) bond motifs is 1. The summed E-state index contributed by atoms with van der Waals surface area (Å²) in [6.45, 7) is 4.02. The van der Waals surface area contributed by atoms with Gasteiger partial charge in [0.25, 0.3) is 0 Å². The lowest BCUT2D eigenvalue weighted by molar-refractivity contribution is 0.848. The van der Waals surface area contributed by atoms with Gasteiger partial charge in [-0.05, 0) is 31.5 Å². The molecule has 2 aromatic rings. The van der Waals surface area contributed by atoms with E-state index in [9.17, 15) is 0 Å². The second kappa shape index (κ2) is 2.05. The Bertz CT molecular complexity index is 389. The molecular weight excluding hydrogens is 138 g/mol. The molecule has 0 aliphatic heterocycles. The molecule has 0 radical (unpaired) electrons. The Balaban J connectivity index is 2.87. The number of pyridine rings is 1. The van der Waals surface area contributed by atoms with Crippen LogP contribution in [-0.2, 0) is 0 Å². The first kappa shape index (κ1) is 6.34. The van der Waals surface area contributed by atoms with Crippen molar-refractivity contribution in [2.45, 2.75) is 13.8 Å². The summed E-state index contributed by atoms with van der Waals surface area (Å²) in [5.41, 5.74) is 3.31. The van der Waals surface area contributed by atoms with Crippen LogP contribution in [0.15, 0.2) is 18.3 Å². The van der Waals surface area contributed by atoms with E-state index in [1.165, 1.54) is 5.56 Å². The largest absolute Gasteiger partial charge is 0.220 e. The predicted octanol–water partition coefficient (Wildman–Crippen LogP) is 1.35. The van der Waals surface area contributed by atoms with Gasteiger partial charge in [0.1, 0.15) is 0 Å². The fraction of sp³-hybridized carbons (Fsp3) is 0.250. The minimum Gasteiger partial charge on any atom is -0.220 e. The molecule has 0 aliphatic carbocycles. The van der Waals surface area contributed by atoms with Crippen LogP contribution in [0.4, 0.5) is 0 Å². The lowest BCUT2D eigenvalue weighted by atomic mass is 10.2.